The SMILES string of the molecule is CCCCOC(=O)N[C@H]1C=C(CO)C(=O)[C@]1(NC(=O)N(C)C)[C@H](C)O[Si](C)(C)C(C)(C)C. The molecular formula is C22H41N3O6Si. The Morgan fingerprint density at radius 3 is 2.38 bits per heavy atom. The van der Waals surface area contributed by atoms with Crippen molar-refractivity contribution < 1.29 is 28.7 Å². The maximum Gasteiger partial charge on any atom is 0.407 e. The maximum absolute atomic E-state index is 13.5. The molecule has 10 heteroatoms. The first-order valence-electron chi connectivity index (χ1n) is 11.1. The van der Waals surface area contributed by atoms with E-state index in [-0.39, 0.29) is 17.2 Å². The number of alkyl carbamates (subject to hydrolysis) is 1. The topological polar surface area (TPSA) is 117 Å². The van der Waals surface area contributed by atoms with Crippen molar-refractivity contribution in [2.24, 2.45) is 0 Å². The van der Waals surface area contributed by atoms with Gasteiger partial charge in [-0.05, 0) is 31.5 Å². The van der Waals surface area contributed by atoms with Gasteiger partial charge in [0.15, 0.2) is 19.6 Å². The molecule has 0 saturated carbocycles. The number of unbranched alkanes of at least 4 members (excludes halogenated alkanes) is 1. The van der Waals surface area contributed by atoms with Crippen molar-refractivity contribution in [1.29, 1.82) is 0 Å². The van der Waals surface area contributed by atoms with Gasteiger partial charge in [-0.3, -0.25) is 4.79 Å². The number of carbonyl (C=O) groups excluding carboxylic acids is 3. The molecule has 0 spiro atoms. The van der Waals surface area contributed by atoms with Crippen molar-refractivity contribution in [2.45, 2.75) is 83.3 Å². The number of ketones is 1. The lowest BCUT2D eigenvalue weighted by molar-refractivity contribution is -0.125. The summed E-state index contributed by atoms with van der Waals surface area (Å²) in [5.74, 6) is -0.486. The van der Waals surface area contributed by atoms with Crippen LogP contribution in [0.1, 0.15) is 47.5 Å². The number of nitrogens with one attached hydrogen (secondary N) is 2. The van der Waals surface area contributed by atoms with Crippen molar-refractivity contribution in [1.82, 2.24) is 15.5 Å². The second-order valence-electron chi connectivity index (χ2n) is 10.0. The van der Waals surface area contributed by atoms with Gasteiger partial charge in [-0.1, -0.05) is 40.2 Å². The largest absolute Gasteiger partial charge is 0.450 e. The normalized spacial score (nSPS) is 22.2. The van der Waals surface area contributed by atoms with Gasteiger partial charge in [0, 0.05) is 19.7 Å². The van der Waals surface area contributed by atoms with Crippen LogP contribution >= 0.6 is 0 Å². The molecule has 32 heavy (non-hydrogen) atoms. The van der Waals surface area contributed by atoms with Gasteiger partial charge in [0.2, 0.25) is 0 Å². The zero-order chi connectivity index (χ0) is 24.9. The van der Waals surface area contributed by atoms with Crippen molar-refractivity contribution in [3.63, 3.8) is 0 Å². The van der Waals surface area contributed by atoms with Crippen LogP contribution in [0.15, 0.2) is 11.6 Å². The number of hydrogen-bond donors (Lipinski definition) is 3. The highest BCUT2D eigenvalue weighted by molar-refractivity contribution is 6.74. The summed E-state index contributed by atoms with van der Waals surface area (Å²) in [6, 6.07) is -1.46. The Hall–Kier alpha value is -1.91. The molecule has 1 aliphatic rings. The van der Waals surface area contributed by atoms with E-state index in [9.17, 15) is 19.5 Å². The third-order valence-electron chi connectivity index (χ3n) is 6.34. The maximum atomic E-state index is 13.5. The van der Waals surface area contributed by atoms with E-state index in [0.717, 1.165) is 6.42 Å². The zero-order valence-electron chi connectivity index (χ0n) is 21.0. The molecule has 0 aromatic heterocycles. The van der Waals surface area contributed by atoms with E-state index < -0.39 is 50.5 Å². The van der Waals surface area contributed by atoms with E-state index in [4.69, 9.17) is 9.16 Å². The number of hydrogen-bond acceptors (Lipinski definition) is 6. The predicted octanol–water partition coefficient (Wildman–Crippen LogP) is 2.80. The minimum Gasteiger partial charge on any atom is -0.450 e. The van der Waals surface area contributed by atoms with Crippen LogP contribution in [0.25, 0.3) is 0 Å². The number of amides is 3. The molecule has 1 aliphatic carbocycles. The number of aliphatic hydroxyl groups is 1. The van der Waals surface area contributed by atoms with Crippen molar-refractivity contribution in [2.75, 3.05) is 27.3 Å². The fourth-order valence-corrected chi connectivity index (χ4v) is 4.67. The third-order valence-corrected chi connectivity index (χ3v) is 10.9. The first-order chi connectivity index (χ1) is 14.6. The minimum absolute atomic E-state index is 0.105. The monoisotopic (exact) mass is 471 g/mol. The predicted molar refractivity (Wildman–Crippen MR) is 126 cm³/mol. The summed E-state index contributed by atoms with van der Waals surface area (Å²) in [5, 5.41) is 15.2. The van der Waals surface area contributed by atoms with Gasteiger partial charge >= 0.3 is 12.1 Å². The van der Waals surface area contributed by atoms with Crippen LogP contribution in [0.4, 0.5) is 9.59 Å². The Morgan fingerprint density at radius 2 is 1.91 bits per heavy atom. The highest BCUT2D eigenvalue weighted by Gasteiger charge is 2.58. The number of aliphatic hydroxyl groups excluding tert-OH is 1. The molecule has 0 saturated heterocycles. The second-order valence-corrected chi connectivity index (χ2v) is 14.8. The molecule has 0 aromatic carbocycles. The van der Waals surface area contributed by atoms with E-state index in [2.05, 4.69) is 31.4 Å². The Morgan fingerprint density at radius 1 is 1.31 bits per heavy atom. The molecule has 184 valence electrons. The lowest BCUT2D eigenvalue weighted by Gasteiger charge is -2.46. The van der Waals surface area contributed by atoms with Crippen LogP contribution in [0.3, 0.4) is 0 Å². The summed E-state index contributed by atoms with van der Waals surface area (Å²) in [6.45, 7) is 13.7. The van der Waals surface area contributed by atoms with Crippen molar-refractivity contribution in [3.05, 3.63) is 11.6 Å². The van der Waals surface area contributed by atoms with Gasteiger partial charge in [-0.15, -0.1) is 0 Å². The molecular weight excluding hydrogens is 430 g/mol. The molecule has 9 nitrogen and oxygen atoms in total. The molecule has 3 amide bonds. The molecule has 0 radical (unpaired) electrons. The summed E-state index contributed by atoms with van der Waals surface area (Å²) >= 11 is 0. The van der Waals surface area contributed by atoms with Crippen LogP contribution in [0.2, 0.25) is 18.1 Å². The Bertz CT molecular complexity index is 732. The lowest BCUT2D eigenvalue weighted by atomic mass is 9.84. The molecule has 3 N–H and O–H groups in total. The molecule has 1 rings (SSSR count). The van der Waals surface area contributed by atoms with Crippen LogP contribution in [0.5, 0.6) is 0 Å². The van der Waals surface area contributed by atoms with Gasteiger partial charge in [-0.25, -0.2) is 9.59 Å². The van der Waals surface area contributed by atoms with Gasteiger partial charge < -0.3 is 29.8 Å². The fourth-order valence-electron chi connectivity index (χ4n) is 3.25. The lowest BCUT2D eigenvalue weighted by Crippen LogP contribution is -2.71. The molecule has 3 atom stereocenters. The quantitative estimate of drug-likeness (QED) is 0.352. The molecule has 0 heterocycles. The molecule has 0 unspecified atom stereocenters. The number of nitrogens with zero attached hydrogens (tertiary/aromatic N) is 1. The summed E-state index contributed by atoms with van der Waals surface area (Å²) < 4.78 is 11.7. The van der Waals surface area contributed by atoms with E-state index >= 15 is 0 Å². The van der Waals surface area contributed by atoms with Crippen molar-refractivity contribution >= 4 is 26.2 Å². The van der Waals surface area contributed by atoms with Gasteiger partial charge in [0.05, 0.1) is 25.4 Å². The van der Waals surface area contributed by atoms with Gasteiger partial charge in [0.1, 0.15) is 0 Å². The van der Waals surface area contributed by atoms with Crippen LogP contribution in [-0.4, -0.2) is 81.2 Å². The molecule has 0 aliphatic heterocycles. The Labute approximate surface area is 193 Å². The average molecular weight is 472 g/mol. The number of rotatable bonds is 9. The first-order valence-corrected chi connectivity index (χ1v) is 14.0. The van der Waals surface area contributed by atoms with E-state index in [1.54, 1.807) is 21.0 Å². The van der Waals surface area contributed by atoms with E-state index in [1.165, 1.54) is 11.0 Å². The van der Waals surface area contributed by atoms with Crippen LogP contribution in [0, 0.1) is 0 Å². The number of urea groups is 1. The highest BCUT2D eigenvalue weighted by Crippen LogP contribution is 2.40. The summed E-state index contributed by atoms with van der Waals surface area (Å²) in [5.41, 5.74) is -1.52. The standard InChI is InChI=1S/C22H41N3O6Si/c1-10-11-12-30-20(29)23-17-13-16(14-26)18(27)22(17,24-19(28)25(6)7)15(2)31-32(8,9)21(3,4)5/h13,15,17,26H,10-12,14H2,1-9H3,(H,23,29)(H,24,28)/t15-,17-,22-/m0/s1. The number of ether oxygens (including phenoxy) is 1. The Kier molecular flexibility index (Phi) is 9.49. The molecule has 0 aromatic rings. The van der Waals surface area contributed by atoms with Gasteiger partial charge in [-0.2, -0.15) is 0 Å². The second kappa shape index (κ2) is 10.8. The smallest absolute Gasteiger partial charge is 0.407 e. The third kappa shape index (κ3) is 6.11. The summed E-state index contributed by atoms with van der Waals surface area (Å²) in [4.78, 5) is 40.0. The van der Waals surface area contributed by atoms with Crippen molar-refractivity contribution in [3.8, 4) is 0 Å². The van der Waals surface area contributed by atoms with E-state index in [0.29, 0.717) is 6.42 Å². The van der Waals surface area contributed by atoms with Crippen LogP contribution in [-0.2, 0) is 14.0 Å². The summed E-state index contributed by atoms with van der Waals surface area (Å²) in [6.07, 6.45) is 1.56. The zero-order valence-corrected chi connectivity index (χ0v) is 22.0. The fraction of sp³-hybridized carbons (Fsp3) is 0.773. The Balaban J connectivity index is 3.43. The summed E-state index contributed by atoms with van der Waals surface area (Å²) in [7, 11) is 0.754. The molecule has 0 fully saturated rings. The van der Waals surface area contributed by atoms with Gasteiger partial charge in [0.25, 0.3) is 0 Å². The van der Waals surface area contributed by atoms with E-state index in [1.807, 2.05) is 20.0 Å². The number of Topliss-reactive ketones (excluding diaryl/α,β-unsaturated/α-hetero) is 1. The average Bonchev–Trinajstić information content (AvgIpc) is 2.92. The first kappa shape index (κ1) is 28.1. The number of carbonyl (C=O) groups is 3. The highest BCUT2D eigenvalue weighted by atomic mass is 28.4. The van der Waals surface area contributed by atoms with Crippen LogP contribution < -0.4 is 10.6 Å². The molecule has 0 bridgehead atoms. The minimum atomic E-state index is -2.36.